The van der Waals surface area contributed by atoms with Crippen LogP contribution in [0.25, 0.3) is 0 Å². The topological polar surface area (TPSA) is 133 Å². The number of aromatic hydroxyl groups is 1. The number of allylic oxidation sites excluding steroid dienone is 1. The molecule has 1 aromatic rings. The third-order valence-corrected chi connectivity index (χ3v) is 4.81. The van der Waals surface area contributed by atoms with Gasteiger partial charge >= 0.3 is 29.6 Å². The van der Waals surface area contributed by atoms with Crippen molar-refractivity contribution in [2.24, 2.45) is 5.92 Å². The Labute approximate surface area is 166 Å². The van der Waals surface area contributed by atoms with E-state index in [9.17, 15) is 28.0 Å². The maximum absolute atomic E-state index is 12.6. The van der Waals surface area contributed by atoms with Gasteiger partial charge in [-0.25, -0.2) is 8.42 Å². The first-order chi connectivity index (χ1) is 11.1. The fourth-order valence-electron chi connectivity index (χ4n) is 2.31. The monoisotopic (exact) mass is 378 g/mol. The van der Waals surface area contributed by atoms with Crippen LogP contribution in [-0.2, 0) is 14.9 Å². The molecule has 0 saturated carbocycles. The number of aliphatic hydroxyl groups is 1. The second-order valence-electron chi connectivity index (χ2n) is 5.04. The quantitative estimate of drug-likeness (QED) is 0.327. The van der Waals surface area contributed by atoms with Crippen LogP contribution < -0.4 is 34.3 Å². The van der Waals surface area contributed by atoms with E-state index in [2.05, 4.69) is 0 Å². The number of hydrogen-bond acceptors (Lipinski definition) is 8. The van der Waals surface area contributed by atoms with Crippen LogP contribution in [0.3, 0.4) is 0 Å². The second-order valence-corrected chi connectivity index (χ2v) is 6.60. The van der Waals surface area contributed by atoms with Crippen LogP contribution >= 0.6 is 0 Å². The Kier molecular flexibility index (Phi) is 6.85. The summed E-state index contributed by atoms with van der Waals surface area (Å²) in [6, 6.07) is 3.74. The number of phenols is 1. The summed E-state index contributed by atoms with van der Waals surface area (Å²) in [5, 5.41) is 20.3. The normalized spacial score (nSPS) is 22.6. The minimum absolute atomic E-state index is 0. The molecule has 0 spiro atoms. The Morgan fingerprint density at radius 1 is 1.28 bits per heavy atom. The molecule has 1 aromatic carbocycles. The van der Waals surface area contributed by atoms with Crippen molar-refractivity contribution >= 4 is 15.9 Å². The summed E-state index contributed by atoms with van der Waals surface area (Å²) >= 11 is 0. The molecular weight excluding hydrogens is 363 g/mol. The van der Waals surface area contributed by atoms with Gasteiger partial charge in [-0.2, -0.15) is 0 Å². The molecule has 0 saturated heterocycles. The van der Waals surface area contributed by atoms with Gasteiger partial charge in [-0.15, -0.1) is 0 Å². The van der Waals surface area contributed by atoms with Crippen molar-refractivity contribution in [1.82, 2.24) is 0 Å². The van der Waals surface area contributed by atoms with Crippen molar-refractivity contribution < 1.29 is 67.0 Å². The van der Waals surface area contributed by atoms with E-state index in [-0.39, 0.29) is 46.6 Å². The number of Topliss-reactive ketones (excluding diaryl/α,β-unsaturated/α-hetero) is 1. The van der Waals surface area contributed by atoms with Gasteiger partial charge in [0, 0.05) is 12.1 Å². The fourth-order valence-corrected chi connectivity index (χ4v) is 3.07. The molecule has 0 aliphatic heterocycles. The van der Waals surface area contributed by atoms with Crippen molar-refractivity contribution in [3.8, 4) is 11.5 Å². The van der Waals surface area contributed by atoms with Gasteiger partial charge in [-0.3, -0.25) is 4.79 Å². The van der Waals surface area contributed by atoms with E-state index in [4.69, 9.17) is 9.47 Å². The molecule has 1 aliphatic rings. The van der Waals surface area contributed by atoms with E-state index < -0.39 is 32.5 Å². The van der Waals surface area contributed by atoms with E-state index in [1.54, 1.807) is 0 Å². The number of benzene rings is 1. The molecule has 2 N–H and O–H groups in total. The van der Waals surface area contributed by atoms with Gasteiger partial charge < -0.3 is 24.2 Å². The number of phenolic OH excluding ortho intramolecular Hbond substituents is 1. The third kappa shape index (κ3) is 4.08. The molecule has 25 heavy (non-hydrogen) atoms. The average molecular weight is 378 g/mol. The number of carbonyl (C=O) groups is 1. The van der Waals surface area contributed by atoms with Gasteiger partial charge in [0.15, 0.2) is 10.7 Å². The first-order valence-electron chi connectivity index (χ1n) is 6.68. The Morgan fingerprint density at radius 2 is 1.92 bits per heavy atom. The van der Waals surface area contributed by atoms with Crippen LogP contribution in [0.15, 0.2) is 42.2 Å². The molecule has 130 valence electrons. The summed E-state index contributed by atoms with van der Waals surface area (Å²) in [4.78, 5) is 9.56. The molecule has 0 bridgehead atoms. The fraction of sp³-hybridized carbons (Fsp3) is 0.267. The van der Waals surface area contributed by atoms with Crippen molar-refractivity contribution in [2.45, 2.75) is 4.93 Å². The minimum atomic E-state index is -5.33. The molecule has 2 rings (SSSR count). The van der Waals surface area contributed by atoms with Crippen LogP contribution in [-0.4, -0.2) is 48.1 Å². The van der Waals surface area contributed by atoms with Crippen LogP contribution in [0.5, 0.6) is 11.5 Å². The molecule has 2 atom stereocenters. The number of carbonyl (C=O) groups excluding carboxylic acids is 1. The van der Waals surface area contributed by atoms with Gasteiger partial charge in [0.05, 0.1) is 25.7 Å². The summed E-state index contributed by atoms with van der Waals surface area (Å²) in [6.45, 7) is 0. The molecule has 10 heteroatoms. The molecule has 1 aliphatic carbocycles. The molecule has 0 heterocycles. The molecule has 0 radical (unpaired) electrons. The van der Waals surface area contributed by atoms with Crippen LogP contribution in [0, 0.1) is 5.92 Å². The van der Waals surface area contributed by atoms with Crippen molar-refractivity contribution in [1.29, 1.82) is 0 Å². The smallest absolute Gasteiger partial charge is 0.745 e. The average Bonchev–Trinajstić information content (AvgIpc) is 2.52. The van der Waals surface area contributed by atoms with Gasteiger partial charge in [-0.05, 0) is 18.2 Å². The number of ether oxygens (including phenoxy) is 2. The van der Waals surface area contributed by atoms with Gasteiger partial charge in [0.2, 0.25) is 0 Å². The molecule has 0 aromatic heterocycles. The maximum Gasteiger partial charge on any atom is 1.00 e. The number of ketones is 1. The van der Waals surface area contributed by atoms with Crippen molar-refractivity contribution in [2.75, 3.05) is 14.2 Å². The summed E-state index contributed by atoms with van der Waals surface area (Å²) in [6.07, 6.45) is 2.96. The summed E-state index contributed by atoms with van der Waals surface area (Å²) in [5.74, 6) is -2.96. The molecule has 0 fully saturated rings. The van der Waals surface area contributed by atoms with Crippen molar-refractivity contribution in [3.63, 3.8) is 0 Å². The van der Waals surface area contributed by atoms with Crippen LogP contribution in [0.4, 0.5) is 0 Å². The molecule has 8 nitrogen and oxygen atoms in total. The Balaban J connectivity index is 0.00000312. The second kappa shape index (κ2) is 7.90. The zero-order chi connectivity index (χ0) is 18.1. The molecule has 0 amide bonds. The van der Waals surface area contributed by atoms with E-state index >= 15 is 0 Å². The number of methoxy groups -OCH3 is 2. The van der Waals surface area contributed by atoms with Gasteiger partial charge in [0.1, 0.15) is 27.4 Å². The Hall–Kier alpha value is -1.36. The number of hydrogen-bond donors (Lipinski definition) is 2. The SMILES string of the molecule is COC1=CC(O)(S(=O)(=O)[O-])C(C(=O)c2ccc(OC)cc2O)C=C1.[Na+]. The van der Waals surface area contributed by atoms with E-state index in [1.165, 1.54) is 32.4 Å². The third-order valence-electron chi connectivity index (χ3n) is 3.64. The minimum Gasteiger partial charge on any atom is -0.745 e. The van der Waals surface area contributed by atoms with E-state index in [1.807, 2.05) is 0 Å². The largest absolute Gasteiger partial charge is 1.00 e. The maximum atomic E-state index is 12.6. The Morgan fingerprint density at radius 3 is 2.40 bits per heavy atom. The van der Waals surface area contributed by atoms with Crippen LogP contribution in [0.1, 0.15) is 10.4 Å². The summed E-state index contributed by atoms with van der Waals surface area (Å²) in [7, 11) is -2.75. The number of rotatable bonds is 5. The zero-order valence-electron chi connectivity index (χ0n) is 13.8. The Bertz CT molecular complexity index is 830. The first kappa shape index (κ1) is 21.7. The van der Waals surface area contributed by atoms with E-state index in [0.717, 1.165) is 12.1 Å². The van der Waals surface area contributed by atoms with Crippen LogP contribution in [0.2, 0.25) is 0 Å². The van der Waals surface area contributed by atoms with Gasteiger partial charge in [-0.1, -0.05) is 6.08 Å². The predicted molar refractivity (Wildman–Crippen MR) is 81.4 cm³/mol. The molecular formula is C15H15NaO8S. The predicted octanol–water partition coefficient (Wildman–Crippen LogP) is -2.46. The summed E-state index contributed by atoms with van der Waals surface area (Å²) in [5.41, 5.74) is -0.262. The molecule has 2 unspecified atom stereocenters. The van der Waals surface area contributed by atoms with Crippen molar-refractivity contribution in [3.05, 3.63) is 47.7 Å². The standard InChI is InChI=1S/C15H16O8S.Na/c1-22-9-3-5-11(13(16)7-9)14(17)12-6-4-10(23-2)8-15(12,18)24(19,20)21;/h3-8,12,16,18H,1-2H3,(H,19,20,21);/q;+1/p-1. The first-order valence-corrected chi connectivity index (χ1v) is 8.09. The summed E-state index contributed by atoms with van der Waals surface area (Å²) < 4.78 is 44.3. The zero-order valence-corrected chi connectivity index (χ0v) is 16.6. The van der Waals surface area contributed by atoms with Gasteiger partial charge in [0.25, 0.3) is 0 Å². The van der Waals surface area contributed by atoms with E-state index in [0.29, 0.717) is 6.08 Å².